The molecule has 0 aromatic heterocycles. The Hall–Kier alpha value is -1.58. The summed E-state index contributed by atoms with van der Waals surface area (Å²) in [6.45, 7) is 6.12. The molecule has 0 spiro atoms. The molecule has 0 aliphatic heterocycles. The topological polar surface area (TPSA) is 93.1 Å². The summed E-state index contributed by atoms with van der Waals surface area (Å²) in [5, 5.41) is 17.8. The van der Waals surface area contributed by atoms with E-state index in [0.29, 0.717) is 0 Å². The van der Waals surface area contributed by atoms with Crippen LogP contribution in [-0.4, -0.2) is 33.4 Å². The fraction of sp³-hybridized carbons (Fsp3) is 0.667. The summed E-state index contributed by atoms with van der Waals surface area (Å²) in [7, 11) is 0. The van der Waals surface area contributed by atoms with Crippen molar-refractivity contribution in [1.82, 2.24) is 0 Å². The Labute approximate surface area is 106 Å². The molecule has 102 valence electrons. The number of carbonyl (C=O) groups excluding carboxylic acids is 1. The van der Waals surface area contributed by atoms with Crippen LogP contribution in [0.3, 0.4) is 0 Å². The molecule has 0 rings (SSSR count). The van der Waals surface area contributed by atoms with E-state index in [-0.39, 0.29) is 12.8 Å². The first-order valence-corrected chi connectivity index (χ1v) is 5.39. The van der Waals surface area contributed by atoms with Gasteiger partial charge in [-0.2, -0.15) is 4.89 Å². The van der Waals surface area contributed by atoms with E-state index in [1.807, 2.05) is 0 Å². The maximum absolute atomic E-state index is 11.1. The van der Waals surface area contributed by atoms with Crippen LogP contribution >= 0.6 is 0 Å². The number of carbonyl (C=O) groups is 2. The van der Waals surface area contributed by atoms with Crippen LogP contribution in [-0.2, 0) is 19.4 Å². The highest BCUT2D eigenvalue weighted by Crippen LogP contribution is 2.10. The average Bonchev–Trinajstić information content (AvgIpc) is 2.20. The molecule has 0 aliphatic carbocycles. The molecule has 0 radical (unpaired) electrons. The van der Waals surface area contributed by atoms with Crippen LogP contribution in [0.1, 0.15) is 40.5 Å². The minimum atomic E-state index is -1.17. The fourth-order valence-electron chi connectivity index (χ4n) is 0.726. The highest BCUT2D eigenvalue weighted by molar-refractivity contribution is 5.76. The van der Waals surface area contributed by atoms with Gasteiger partial charge < -0.3 is 10.2 Å². The van der Waals surface area contributed by atoms with Crippen LogP contribution in [0.4, 0.5) is 0 Å². The van der Waals surface area contributed by atoms with E-state index < -0.39 is 23.1 Å². The van der Waals surface area contributed by atoms with Crippen molar-refractivity contribution in [3.8, 4) is 11.8 Å². The van der Waals surface area contributed by atoms with Crippen molar-refractivity contribution in [3.05, 3.63) is 0 Å². The standard InChI is InChI=1S/C12H18O6/c1-11(2,16)7-8-12(3,4)18-17-10(15)6-5-9(13)14/h16H,5-6H2,1-4H3,(H,13,14). The van der Waals surface area contributed by atoms with E-state index in [1.54, 1.807) is 13.8 Å². The van der Waals surface area contributed by atoms with E-state index in [2.05, 4.69) is 16.7 Å². The highest BCUT2D eigenvalue weighted by Gasteiger charge is 2.20. The van der Waals surface area contributed by atoms with Gasteiger partial charge in [0.25, 0.3) is 0 Å². The van der Waals surface area contributed by atoms with Gasteiger partial charge in [-0.25, -0.2) is 4.79 Å². The lowest BCUT2D eigenvalue weighted by molar-refractivity contribution is -0.310. The average molecular weight is 258 g/mol. The predicted molar refractivity (Wildman–Crippen MR) is 62.2 cm³/mol. The molecule has 0 amide bonds. The highest BCUT2D eigenvalue weighted by atomic mass is 17.2. The molecular formula is C12H18O6. The van der Waals surface area contributed by atoms with E-state index in [9.17, 15) is 14.7 Å². The minimum Gasteiger partial charge on any atom is -0.481 e. The SMILES string of the molecule is CC(C)(O)C#CC(C)(C)OOC(=O)CCC(=O)O. The molecule has 6 heteroatoms. The van der Waals surface area contributed by atoms with Gasteiger partial charge in [0.2, 0.25) is 0 Å². The van der Waals surface area contributed by atoms with E-state index >= 15 is 0 Å². The second-order valence-electron chi connectivity index (χ2n) is 4.75. The lowest BCUT2D eigenvalue weighted by atomic mass is 10.1. The first-order valence-electron chi connectivity index (χ1n) is 5.39. The predicted octanol–water partition coefficient (Wildman–Crippen LogP) is 0.879. The Morgan fingerprint density at radius 3 is 2.11 bits per heavy atom. The Balaban J connectivity index is 4.21. The quantitative estimate of drug-likeness (QED) is 0.432. The maximum Gasteiger partial charge on any atom is 0.343 e. The van der Waals surface area contributed by atoms with Crippen molar-refractivity contribution in [2.24, 2.45) is 0 Å². The molecule has 0 bridgehead atoms. The third-order valence-corrected chi connectivity index (χ3v) is 1.56. The molecule has 0 aliphatic rings. The van der Waals surface area contributed by atoms with Crippen molar-refractivity contribution in [1.29, 1.82) is 0 Å². The lowest BCUT2D eigenvalue weighted by Gasteiger charge is -2.17. The molecule has 18 heavy (non-hydrogen) atoms. The van der Waals surface area contributed by atoms with Crippen molar-refractivity contribution >= 4 is 11.9 Å². The van der Waals surface area contributed by atoms with Gasteiger partial charge >= 0.3 is 11.9 Å². The monoisotopic (exact) mass is 258 g/mol. The van der Waals surface area contributed by atoms with Gasteiger partial charge in [0.1, 0.15) is 5.60 Å². The van der Waals surface area contributed by atoms with E-state index in [4.69, 9.17) is 9.99 Å². The van der Waals surface area contributed by atoms with E-state index in [1.165, 1.54) is 13.8 Å². The summed E-state index contributed by atoms with van der Waals surface area (Å²) in [6.07, 6.45) is -0.595. The molecular weight excluding hydrogens is 240 g/mol. The number of carboxylic acids is 1. The maximum atomic E-state index is 11.1. The van der Waals surface area contributed by atoms with Crippen molar-refractivity contribution in [2.45, 2.75) is 51.7 Å². The molecule has 6 nitrogen and oxygen atoms in total. The zero-order chi connectivity index (χ0) is 14.4. The second kappa shape index (κ2) is 6.38. The number of hydrogen-bond acceptors (Lipinski definition) is 5. The molecule has 0 aromatic rings. The Morgan fingerprint density at radius 1 is 1.11 bits per heavy atom. The van der Waals surface area contributed by atoms with Crippen molar-refractivity contribution in [2.75, 3.05) is 0 Å². The molecule has 0 aromatic carbocycles. The van der Waals surface area contributed by atoms with Crippen molar-refractivity contribution < 1.29 is 29.6 Å². The number of aliphatic hydroxyl groups is 1. The van der Waals surface area contributed by atoms with Crippen LogP contribution in [0.5, 0.6) is 0 Å². The number of carboxylic acid groups (broad SMARTS) is 1. The molecule has 0 atom stereocenters. The van der Waals surface area contributed by atoms with Crippen molar-refractivity contribution in [3.63, 3.8) is 0 Å². The van der Waals surface area contributed by atoms with Crippen LogP contribution in [0.2, 0.25) is 0 Å². The Kier molecular flexibility index (Phi) is 5.82. The minimum absolute atomic E-state index is 0.273. The van der Waals surface area contributed by atoms with E-state index in [0.717, 1.165) is 0 Å². The lowest BCUT2D eigenvalue weighted by Crippen LogP contribution is -2.26. The van der Waals surface area contributed by atoms with Crippen LogP contribution < -0.4 is 0 Å². The zero-order valence-electron chi connectivity index (χ0n) is 10.9. The molecule has 0 unspecified atom stereocenters. The zero-order valence-corrected chi connectivity index (χ0v) is 10.9. The number of aliphatic carboxylic acids is 1. The Morgan fingerprint density at radius 2 is 1.67 bits per heavy atom. The molecule has 2 N–H and O–H groups in total. The molecule has 0 saturated carbocycles. The summed E-state index contributed by atoms with van der Waals surface area (Å²) in [5.74, 6) is 3.26. The van der Waals surface area contributed by atoms with Crippen LogP contribution in [0.15, 0.2) is 0 Å². The third kappa shape index (κ3) is 9.63. The van der Waals surface area contributed by atoms with Gasteiger partial charge in [-0.3, -0.25) is 9.68 Å². The Bertz CT molecular complexity index is 366. The second-order valence-corrected chi connectivity index (χ2v) is 4.75. The summed E-state index contributed by atoms with van der Waals surface area (Å²) < 4.78 is 0. The molecule has 0 saturated heterocycles. The largest absolute Gasteiger partial charge is 0.481 e. The fourth-order valence-corrected chi connectivity index (χ4v) is 0.726. The van der Waals surface area contributed by atoms with Gasteiger partial charge in [0.05, 0.1) is 12.8 Å². The normalized spacial score (nSPS) is 11.4. The smallest absolute Gasteiger partial charge is 0.343 e. The summed E-state index contributed by atoms with van der Waals surface area (Å²) in [4.78, 5) is 30.5. The number of rotatable bonds is 5. The van der Waals surface area contributed by atoms with Crippen LogP contribution in [0, 0.1) is 11.8 Å². The van der Waals surface area contributed by atoms with Gasteiger partial charge in [-0.15, -0.1) is 0 Å². The number of hydrogen-bond donors (Lipinski definition) is 2. The summed E-state index contributed by atoms with van der Waals surface area (Å²) in [5.41, 5.74) is -2.26. The summed E-state index contributed by atoms with van der Waals surface area (Å²) >= 11 is 0. The van der Waals surface area contributed by atoms with Crippen LogP contribution in [0.25, 0.3) is 0 Å². The van der Waals surface area contributed by atoms with Gasteiger partial charge in [-0.05, 0) is 27.7 Å². The molecule has 0 heterocycles. The first kappa shape index (κ1) is 16.4. The van der Waals surface area contributed by atoms with Gasteiger partial charge in [0, 0.05) is 0 Å². The van der Waals surface area contributed by atoms with Gasteiger partial charge in [-0.1, -0.05) is 11.8 Å². The summed E-state index contributed by atoms with van der Waals surface area (Å²) in [6, 6.07) is 0. The third-order valence-electron chi connectivity index (χ3n) is 1.56. The first-order chi connectivity index (χ1) is 8.02. The van der Waals surface area contributed by atoms with Gasteiger partial charge in [0.15, 0.2) is 5.60 Å². The molecule has 0 fully saturated rings.